The summed E-state index contributed by atoms with van der Waals surface area (Å²) in [7, 11) is 1.69. The molecular formula is C10H15FN4O. The molecule has 0 aromatic carbocycles. The third kappa shape index (κ3) is 2.38. The lowest BCUT2D eigenvalue weighted by Gasteiger charge is -2.13. The highest BCUT2D eigenvalue weighted by Gasteiger charge is 2.25. The lowest BCUT2D eigenvalue weighted by atomic mass is 10.2. The number of hydrogen-bond donors (Lipinski definition) is 2. The van der Waals surface area contributed by atoms with Gasteiger partial charge in [0.15, 0.2) is 11.6 Å². The van der Waals surface area contributed by atoms with Crippen LogP contribution in [0.2, 0.25) is 0 Å². The highest BCUT2D eigenvalue weighted by molar-refractivity contribution is 5.40. The molecule has 1 aromatic heterocycles. The summed E-state index contributed by atoms with van der Waals surface area (Å²) in [5.74, 6) is -0.227. The molecule has 1 saturated carbocycles. The largest absolute Gasteiger partial charge is 0.381 e. The quantitative estimate of drug-likeness (QED) is 0.809. The SMILES string of the molecule is COC1CCC(Nc2nc(N)ncc2F)C1. The number of nitrogens with zero attached hydrogens (tertiary/aromatic N) is 2. The molecule has 3 N–H and O–H groups in total. The van der Waals surface area contributed by atoms with Crippen LogP contribution in [0.4, 0.5) is 16.2 Å². The Morgan fingerprint density at radius 3 is 3.06 bits per heavy atom. The third-order valence-corrected chi connectivity index (χ3v) is 2.82. The van der Waals surface area contributed by atoms with Gasteiger partial charge in [-0.15, -0.1) is 0 Å². The molecular weight excluding hydrogens is 211 g/mol. The van der Waals surface area contributed by atoms with E-state index >= 15 is 0 Å². The molecule has 0 amide bonds. The van der Waals surface area contributed by atoms with E-state index in [1.807, 2.05) is 0 Å². The predicted molar refractivity (Wildman–Crippen MR) is 58.5 cm³/mol. The minimum atomic E-state index is -0.477. The summed E-state index contributed by atoms with van der Waals surface area (Å²) in [5.41, 5.74) is 5.40. The van der Waals surface area contributed by atoms with E-state index in [4.69, 9.17) is 10.5 Å². The van der Waals surface area contributed by atoms with Crippen LogP contribution in [0.3, 0.4) is 0 Å². The average molecular weight is 226 g/mol. The first-order valence-corrected chi connectivity index (χ1v) is 5.26. The maximum atomic E-state index is 13.3. The molecule has 2 atom stereocenters. The molecule has 6 heteroatoms. The zero-order valence-electron chi connectivity index (χ0n) is 9.11. The smallest absolute Gasteiger partial charge is 0.222 e. The fourth-order valence-electron chi connectivity index (χ4n) is 1.96. The van der Waals surface area contributed by atoms with Crippen LogP contribution in [0.5, 0.6) is 0 Å². The molecule has 88 valence electrons. The van der Waals surface area contributed by atoms with Gasteiger partial charge in [-0.2, -0.15) is 4.98 Å². The zero-order valence-corrected chi connectivity index (χ0v) is 9.11. The van der Waals surface area contributed by atoms with E-state index in [0.29, 0.717) is 0 Å². The van der Waals surface area contributed by atoms with E-state index in [2.05, 4.69) is 15.3 Å². The number of nitrogen functional groups attached to an aromatic ring is 1. The van der Waals surface area contributed by atoms with E-state index in [0.717, 1.165) is 25.5 Å². The van der Waals surface area contributed by atoms with E-state index < -0.39 is 5.82 Å². The number of nitrogens with two attached hydrogens (primary N) is 1. The Kier molecular flexibility index (Phi) is 3.19. The van der Waals surface area contributed by atoms with Crippen LogP contribution in [-0.4, -0.2) is 29.2 Å². The van der Waals surface area contributed by atoms with Gasteiger partial charge in [0, 0.05) is 13.2 Å². The van der Waals surface area contributed by atoms with E-state index in [1.54, 1.807) is 7.11 Å². The second kappa shape index (κ2) is 4.61. The average Bonchev–Trinajstić information content (AvgIpc) is 2.71. The van der Waals surface area contributed by atoms with Crippen molar-refractivity contribution in [2.45, 2.75) is 31.4 Å². The molecule has 2 rings (SSSR count). The molecule has 1 aliphatic rings. The van der Waals surface area contributed by atoms with Gasteiger partial charge in [0.2, 0.25) is 5.95 Å². The van der Waals surface area contributed by atoms with Crippen molar-refractivity contribution in [3.05, 3.63) is 12.0 Å². The van der Waals surface area contributed by atoms with Crippen LogP contribution in [0, 0.1) is 5.82 Å². The molecule has 0 saturated heterocycles. The maximum absolute atomic E-state index is 13.3. The van der Waals surface area contributed by atoms with E-state index in [-0.39, 0.29) is 23.9 Å². The zero-order chi connectivity index (χ0) is 11.5. The first-order valence-electron chi connectivity index (χ1n) is 5.26. The van der Waals surface area contributed by atoms with Crippen LogP contribution in [-0.2, 0) is 4.74 Å². The number of halogens is 1. The fraction of sp³-hybridized carbons (Fsp3) is 0.600. The van der Waals surface area contributed by atoms with Gasteiger partial charge in [-0.25, -0.2) is 9.37 Å². The van der Waals surface area contributed by atoms with Crippen LogP contribution < -0.4 is 11.1 Å². The number of nitrogens with one attached hydrogen (secondary N) is 1. The summed E-state index contributed by atoms with van der Waals surface area (Å²) in [6.45, 7) is 0. The molecule has 5 nitrogen and oxygen atoms in total. The predicted octanol–water partition coefficient (Wildman–Crippen LogP) is 1.18. The van der Waals surface area contributed by atoms with Crippen molar-refractivity contribution in [1.29, 1.82) is 0 Å². The summed E-state index contributed by atoms with van der Waals surface area (Å²) in [4.78, 5) is 7.40. The Morgan fingerprint density at radius 2 is 2.38 bits per heavy atom. The minimum absolute atomic E-state index is 0.0742. The van der Waals surface area contributed by atoms with Gasteiger partial charge in [0.1, 0.15) is 0 Å². The number of rotatable bonds is 3. The summed E-state index contributed by atoms with van der Waals surface area (Å²) in [6, 6.07) is 0.189. The van der Waals surface area contributed by atoms with Crippen LogP contribution in [0.25, 0.3) is 0 Å². The number of hydrogen-bond acceptors (Lipinski definition) is 5. The summed E-state index contributed by atoms with van der Waals surface area (Å²) in [6.07, 6.45) is 4.12. The molecule has 0 bridgehead atoms. The monoisotopic (exact) mass is 226 g/mol. The summed E-state index contributed by atoms with van der Waals surface area (Å²) >= 11 is 0. The summed E-state index contributed by atoms with van der Waals surface area (Å²) < 4.78 is 18.6. The molecule has 0 spiro atoms. The number of methoxy groups -OCH3 is 1. The Bertz CT molecular complexity index is 374. The highest BCUT2D eigenvalue weighted by atomic mass is 19.1. The Morgan fingerprint density at radius 1 is 1.56 bits per heavy atom. The normalized spacial score (nSPS) is 24.6. The number of ether oxygens (including phenoxy) is 1. The van der Waals surface area contributed by atoms with Crippen molar-refractivity contribution in [3.8, 4) is 0 Å². The summed E-state index contributed by atoms with van der Waals surface area (Å²) in [5, 5.41) is 3.03. The number of aromatic nitrogens is 2. The van der Waals surface area contributed by atoms with Crippen LogP contribution in [0.1, 0.15) is 19.3 Å². The van der Waals surface area contributed by atoms with Gasteiger partial charge in [0.25, 0.3) is 0 Å². The molecule has 1 aliphatic carbocycles. The second-order valence-electron chi connectivity index (χ2n) is 3.94. The molecule has 1 aromatic rings. The number of anilines is 2. The van der Waals surface area contributed by atoms with Crippen molar-refractivity contribution in [2.75, 3.05) is 18.2 Å². The molecule has 0 aliphatic heterocycles. The fourth-order valence-corrected chi connectivity index (χ4v) is 1.96. The third-order valence-electron chi connectivity index (χ3n) is 2.82. The van der Waals surface area contributed by atoms with Gasteiger partial charge in [-0.05, 0) is 19.3 Å². The molecule has 1 heterocycles. The lowest BCUT2D eigenvalue weighted by molar-refractivity contribution is 0.108. The molecule has 1 fully saturated rings. The highest BCUT2D eigenvalue weighted by Crippen LogP contribution is 2.25. The second-order valence-corrected chi connectivity index (χ2v) is 3.94. The van der Waals surface area contributed by atoms with E-state index in [1.165, 1.54) is 0 Å². The Labute approximate surface area is 93.2 Å². The van der Waals surface area contributed by atoms with Crippen LogP contribution in [0.15, 0.2) is 6.20 Å². The molecule has 2 unspecified atom stereocenters. The molecule has 16 heavy (non-hydrogen) atoms. The van der Waals surface area contributed by atoms with Crippen molar-refractivity contribution < 1.29 is 9.13 Å². The first-order chi connectivity index (χ1) is 7.69. The minimum Gasteiger partial charge on any atom is -0.381 e. The van der Waals surface area contributed by atoms with Crippen LogP contribution >= 0.6 is 0 Å². The maximum Gasteiger partial charge on any atom is 0.222 e. The standard InChI is InChI=1S/C10H15FN4O/c1-16-7-3-2-6(4-7)14-9-8(11)5-13-10(12)15-9/h5-7H,2-4H2,1H3,(H3,12,13,14,15). The van der Waals surface area contributed by atoms with Gasteiger partial charge in [-0.1, -0.05) is 0 Å². The van der Waals surface area contributed by atoms with E-state index in [9.17, 15) is 4.39 Å². The van der Waals surface area contributed by atoms with Crippen molar-refractivity contribution >= 4 is 11.8 Å². The Hall–Kier alpha value is -1.43. The first kappa shape index (κ1) is 11.1. The van der Waals surface area contributed by atoms with Crippen molar-refractivity contribution in [1.82, 2.24) is 9.97 Å². The van der Waals surface area contributed by atoms with Gasteiger partial charge >= 0.3 is 0 Å². The van der Waals surface area contributed by atoms with Gasteiger partial charge < -0.3 is 15.8 Å². The van der Waals surface area contributed by atoms with Gasteiger partial charge in [0.05, 0.1) is 12.3 Å². The Balaban J connectivity index is 2.01. The lowest BCUT2D eigenvalue weighted by Crippen LogP contribution is -2.19. The molecule has 0 radical (unpaired) electrons. The van der Waals surface area contributed by atoms with Crippen molar-refractivity contribution in [3.63, 3.8) is 0 Å². The van der Waals surface area contributed by atoms with Crippen molar-refractivity contribution in [2.24, 2.45) is 0 Å². The topological polar surface area (TPSA) is 73.1 Å². The van der Waals surface area contributed by atoms with Gasteiger partial charge in [-0.3, -0.25) is 0 Å².